The lowest BCUT2D eigenvalue weighted by Crippen LogP contribution is -2.04. The van der Waals surface area contributed by atoms with Crippen molar-refractivity contribution in [1.82, 2.24) is 4.98 Å². The van der Waals surface area contributed by atoms with Gasteiger partial charge in [-0.05, 0) is 18.6 Å². The van der Waals surface area contributed by atoms with Crippen molar-refractivity contribution in [2.24, 2.45) is 0 Å². The molecule has 0 spiro atoms. The zero-order valence-corrected chi connectivity index (χ0v) is 8.12. The molecule has 3 nitrogen and oxygen atoms in total. The van der Waals surface area contributed by atoms with Gasteiger partial charge in [0.1, 0.15) is 5.82 Å². The molecule has 0 fully saturated rings. The van der Waals surface area contributed by atoms with Crippen LogP contribution in [0.4, 0.5) is 4.39 Å². The van der Waals surface area contributed by atoms with Gasteiger partial charge in [0.15, 0.2) is 6.29 Å². The Morgan fingerprint density at radius 3 is 2.86 bits per heavy atom. The van der Waals surface area contributed by atoms with Gasteiger partial charge in [-0.1, -0.05) is 6.58 Å². The van der Waals surface area contributed by atoms with E-state index in [1.807, 2.05) is 0 Å². The molecule has 1 aromatic heterocycles. The highest BCUT2D eigenvalue weighted by molar-refractivity contribution is 5.58. The number of hydrogen-bond acceptors (Lipinski definition) is 3. The third kappa shape index (κ3) is 2.16. The molecule has 0 aliphatic carbocycles. The SMILES string of the molecule is C=C(C)c1cc(C(O)OC)c(F)cn1. The number of pyridine rings is 1. The van der Waals surface area contributed by atoms with Crippen molar-refractivity contribution >= 4 is 5.57 Å². The number of ether oxygens (including phenoxy) is 1. The predicted molar refractivity (Wildman–Crippen MR) is 50.9 cm³/mol. The molecule has 0 aliphatic heterocycles. The van der Waals surface area contributed by atoms with Gasteiger partial charge in [-0.3, -0.25) is 4.98 Å². The van der Waals surface area contributed by atoms with Gasteiger partial charge in [0, 0.05) is 12.7 Å². The molecule has 0 radical (unpaired) electrons. The van der Waals surface area contributed by atoms with Crippen LogP contribution in [-0.4, -0.2) is 17.2 Å². The second kappa shape index (κ2) is 4.30. The van der Waals surface area contributed by atoms with E-state index in [9.17, 15) is 9.50 Å². The monoisotopic (exact) mass is 197 g/mol. The fraction of sp³-hybridized carbons (Fsp3) is 0.300. The third-order valence-corrected chi connectivity index (χ3v) is 1.81. The molecule has 1 heterocycles. The molecule has 0 bridgehead atoms. The van der Waals surface area contributed by atoms with Crippen LogP contribution >= 0.6 is 0 Å². The molecule has 0 aromatic carbocycles. The summed E-state index contributed by atoms with van der Waals surface area (Å²) in [5.74, 6) is -0.593. The first-order valence-electron chi connectivity index (χ1n) is 4.08. The minimum Gasteiger partial charge on any atom is -0.364 e. The Labute approximate surface area is 81.9 Å². The second-order valence-corrected chi connectivity index (χ2v) is 2.96. The summed E-state index contributed by atoms with van der Waals surface area (Å²) in [6.07, 6.45) is -0.224. The molecule has 1 N–H and O–H groups in total. The summed E-state index contributed by atoms with van der Waals surface area (Å²) >= 11 is 0. The first kappa shape index (κ1) is 10.8. The topological polar surface area (TPSA) is 42.4 Å². The average molecular weight is 197 g/mol. The molecular formula is C10H12FNO2. The first-order valence-corrected chi connectivity index (χ1v) is 4.08. The zero-order valence-electron chi connectivity index (χ0n) is 8.12. The minimum atomic E-state index is -1.27. The Morgan fingerprint density at radius 1 is 1.71 bits per heavy atom. The summed E-state index contributed by atoms with van der Waals surface area (Å²) < 4.78 is 17.7. The van der Waals surface area contributed by atoms with Crippen LogP contribution in [0.1, 0.15) is 24.5 Å². The van der Waals surface area contributed by atoms with Gasteiger partial charge in [0.05, 0.1) is 11.9 Å². The highest BCUT2D eigenvalue weighted by Crippen LogP contribution is 2.20. The van der Waals surface area contributed by atoms with E-state index >= 15 is 0 Å². The number of halogens is 1. The van der Waals surface area contributed by atoms with Crippen molar-refractivity contribution in [3.05, 3.63) is 35.9 Å². The number of aromatic nitrogens is 1. The van der Waals surface area contributed by atoms with Crippen molar-refractivity contribution in [3.8, 4) is 0 Å². The predicted octanol–water partition coefficient (Wildman–Crippen LogP) is 1.89. The molecule has 1 aromatic rings. The molecule has 0 saturated carbocycles. The number of rotatable bonds is 3. The normalized spacial score (nSPS) is 12.6. The van der Waals surface area contributed by atoms with Crippen LogP contribution in [0.3, 0.4) is 0 Å². The van der Waals surface area contributed by atoms with Crippen LogP contribution in [0.2, 0.25) is 0 Å². The van der Waals surface area contributed by atoms with Crippen LogP contribution in [0.25, 0.3) is 5.57 Å². The first-order chi connectivity index (χ1) is 6.56. The van der Waals surface area contributed by atoms with Gasteiger partial charge in [-0.2, -0.15) is 0 Å². The average Bonchev–Trinajstić information content (AvgIpc) is 2.17. The second-order valence-electron chi connectivity index (χ2n) is 2.96. The quantitative estimate of drug-likeness (QED) is 0.752. The smallest absolute Gasteiger partial charge is 0.183 e. The van der Waals surface area contributed by atoms with Gasteiger partial charge in [0.25, 0.3) is 0 Å². The summed E-state index contributed by atoms with van der Waals surface area (Å²) in [6, 6.07) is 1.42. The Bertz CT molecular complexity index is 352. The van der Waals surface area contributed by atoms with Gasteiger partial charge in [-0.25, -0.2) is 4.39 Å². The van der Waals surface area contributed by atoms with E-state index in [1.165, 1.54) is 13.2 Å². The molecule has 14 heavy (non-hydrogen) atoms. The molecule has 4 heteroatoms. The molecule has 76 valence electrons. The van der Waals surface area contributed by atoms with Crippen LogP contribution in [0.15, 0.2) is 18.8 Å². The Balaban J connectivity index is 3.14. The van der Waals surface area contributed by atoms with Crippen LogP contribution in [0, 0.1) is 5.82 Å². The highest BCUT2D eigenvalue weighted by Gasteiger charge is 2.13. The number of aliphatic hydroxyl groups is 1. The molecule has 1 rings (SSSR count). The van der Waals surface area contributed by atoms with E-state index in [2.05, 4.69) is 16.3 Å². The standard InChI is InChI=1S/C10H12FNO2/c1-6(2)9-4-7(10(13)14-3)8(11)5-12-9/h4-5,10,13H,1H2,2-3H3. The number of methoxy groups -OCH3 is 1. The fourth-order valence-corrected chi connectivity index (χ4v) is 1.00. The molecular weight excluding hydrogens is 185 g/mol. The Morgan fingerprint density at radius 2 is 2.36 bits per heavy atom. The summed E-state index contributed by atoms with van der Waals surface area (Å²) in [7, 11) is 1.30. The van der Waals surface area contributed by atoms with E-state index < -0.39 is 12.1 Å². The summed E-state index contributed by atoms with van der Waals surface area (Å²) in [4.78, 5) is 3.81. The zero-order chi connectivity index (χ0) is 10.7. The van der Waals surface area contributed by atoms with Crippen molar-refractivity contribution in [3.63, 3.8) is 0 Å². The summed E-state index contributed by atoms with van der Waals surface area (Å²) in [5, 5.41) is 9.30. The number of nitrogens with zero attached hydrogens (tertiary/aromatic N) is 1. The van der Waals surface area contributed by atoms with E-state index in [0.717, 1.165) is 6.20 Å². The molecule has 1 unspecified atom stereocenters. The molecule has 0 saturated heterocycles. The van der Waals surface area contributed by atoms with Crippen LogP contribution in [0.5, 0.6) is 0 Å². The van der Waals surface area contributed by atoms with E-state index in [1.54, 1.807) is 6.92 Å². The van der Waals surface area contributed by atoms with E-state index in [-0.39, 0.29) is 5.56 Å². The largest absolute Gasteiger partial charge is 0.364 e. The van der Waals surface area contributed by atoms with Crippen LogP contribution < -0.4 is 0 Å². The maximum atomic E-state index is 13.1. The van der Waals surface area contributed by atoms with Crippen molar-refractivity contribution < 1.29 is 14.2 Å². The molecule has 0 aliphatic rings. The van der Waals surface area contributed by atoms with E-state index in [4.69, 9.17) is 0 Å². The van der Waals surface area contributed by atoms with Crippen LogP contribution in [-0.2, 0) is 4.74 Å². The number of hydrogen-bond donors (Lipinski definition) is 1. The fourth-order valence-electron chi connectivity index (χ4n) is 1.00. The van der Waals surface area contributed by atoms with Gasteiger partial charge in [-0.15, -0.1) is 0 Å². The lowest BCUT2D eigenvalue weighted by molar-refractivity contribution is -0.0791. The lowest BCUT2D eigenvalue weighted by atomic mass is 10.1. The third-order valence-electron chi connectivity index (χ3n) is 1.81. The summed E-state index contributed by atoms with van der Waals surface area (Å²) in [5.41, 5.74) is 1.31. The maximum absolute atomic E-state index is 13.1. The lowest BCUT2D eigenvalue weighted by Gasteiger charge is -2.10. The van der Waals surface area contributed by atoms with Gasteiger partial charge < -0.3 is 9.84 Å². The number of allylic oxidation sites excluding steroid dienone is 1. The minimum absolute atomic E-state index is 0.0699. The Hall–Kier alpha value is -1.26. The Kier molecular flexibility index (Phi) is 3.33. The maximum Gasteiger partial charge on any atom is 0.183 e. The van der Waals surface area contributed by atoms with Gasteiger partial charge >= 0.3 is 0 Å². The van der Waals surface area contributed by atoms with Crippen molar-refractivity contribution in [2.45, 2.75) is 13.2 Å². The van der Waals surface area contributed by atoms with E-state index in [0.29, 0.717) is 11.3 Å². The molecule has 1 atom stereocenters. The summed E-state index contributed by atoms with van der Waals surface area (Å²) in [6.45, 7) is 5.43. The van der Waals surface area contributed by atoms with Crippen molar-refractivity contribution in [2.75, 3.05) is 7.11 Å². The number of aliphatic hydroxyl groups excluding tert-OH is 1. The van der Waals surface area contributed by atoms with Crippen molar-refractivity contribution in [1.29, 1.82) is 0 Å². The molecule has 0 amide bonds. The highest BCUT2D eigenvalue weighted by atomic mass is 19.1. The van der Waals surface area contributed by atoms with Gasteiger partial charge in [0.2, 0.25) is 0 Å².